The van der Waals surface area contributed by atoms with Gasteiger partial charge in [0.05, 0.1) is 0 Å². The summed E-state index contributed by atoms with van der Waals surface area (Å²) in [6, 6.07) is 17.4. The normalized spacial score (nSPS) is 14.1. The molecule has 2 heteroatoms. The van der Waals surface area contributed by atoms with Crippen molar-refractivity contribution in [3.05, 3.63) is 71.5 Å². The topological polar surface area (TPSA) is 0 Å². The average Bonchev–Trinajstić information content (AvgIpc) is 2.48. The minimum Gasteiger partial charge on any atom is -0.207 e. The summed E-state index contributed by atoms with van der Waals surface area (Å²) in [6.45, 7) is 2.16. The molecule has 2 aromatic carbocycles. The van der Waals surface area contributed by atoms with Crippen LogP contribution in [-0.4, -0.2) is 5.33 Å². The summed E-state index contributed by atoms with van der Waals surface area (Å²) in [5.74, 6) is -0.114. The molecule has 1 unspecified atom stereocenters. The van der Waals surface area contributed by atoms with Crippen molar-refractivity contribution in [2.24, 2.45) is 0 Å². The van der Waals surface area contributed by atoms with Crippen molar-refractivity contribution in [2.75, 3.05) is 5.33 Å². The molecule has 100 valence electrons. The number of benzene rings is 2. The molecule has 0 saturated heterocycles. The van der Waals surface area contributed by atoms with Gasteiger partial charge in [-0.15, -0.1) is 0 Å². The first kappa shape index (κ1) is 14.3. The second kappa shape index (κ2) is 6.33. The molecular weight excluding hydrogens is 303 g/mol. The number of rotatable bonds is 5. The van der Waals surface area contributed by atoms with E-state index in [1.54, 1.807) is 6.07 Å². The fourth-order valence-electron chi connectivity index (χ4n) is 2.45. The standard InChI is InChI=1S/C17H18BrF/c1-2-17(13-18,15-9-4-3-5-10-15)12-14-8-6-7-11-16(14)19/h3-11H,2,12-13H2,1H3. The Hall–Kier alpha value is -1.15. The van der Waals surface area contributed by atoms with Crippen molar-refractivity contribution in [3.63, 3.8) is 0 Å². The molecule has 0 nitrogen and oxygen atoms in total. The monoisotopic (exact) mass is 320 g/mol. The van der Waals surface area contributed by atoms with E-state index >= 15 is 0 Å². The highest BCUT2D eigenvalue weighted by atomic mass is 79.9. The van der Waals surface area contributed by atoms with Crippen molar-refractivity contribution >= 4 is 15.9 Å². The van der Waals surface area contributed by atoms with Crippen LogP contribution in [0.4, 0.5) is 4.39 Å². The van der Waals surface area contributed by atoms with Gasteiger partial charge in [-0.25, -0.2) is 4.39 Å². The maximum absolute atomic E-state index is 13.9. The van der Waals surface area contributed by atoms with E-state index in [-0.39, 0.29) is 11.2 Å². The fraction of sp³-hybridized carbons (Fsp3) is 0.294. The van der Waals surface area contributed by atoms with E-state index in [1.807, 2.05) is 30.3 Å². The summed E-state index contributed by atoms with van der Waals surface area (Å²) in [6.07, 6.45) is 1.68. The van der Waals surface area contributed by atoms with Gasteiger partial charge in [0, 0.05) is 10.7 Å². The molecule has 0 amide bonds. The Labute approximate surface area is 122 Å². The van der Waals surface area contributed by atoms with Gasteiger partial charge in [-0.1, -0.05) is 71.4 Å². The van der Waals surface area contributed by atoms with Crippen LogP contribution in [0.3, 0.4) is 0 Å². The van der Waals surface area contributed by atoms with Gasteiger partial charge in [0.2, 0.25) is 0 Å². The van der Waals surface area contributed by atoms with Crippen molar-refractivity contribution in [2.45, 2.75) is 25.2 Å². The van der Waals surface area contributed by atoms with E-state index in [0.29, 0.717) is 6.42 Å². The lowest BCUT2D eigenvalue weighted by Crippen LogP contribution is -2.30. The van der Waals surface area contributed by atoms with E-state index in [9.17, 15) is 4.39 Å². The van der Waals surface area contributed by atoms with Gasteiger partial charge in [-0.2, -0.15) is 0 Å². The third kappa shape index (κ3) is 3.06. The molecule has 0 N–H and O–H groups in total. The van der Waals surface area contributed by atoms with Gasteiger partial charge >= 0.3 is 0 Å². The molecule has 0 aliphatic heterocycles. The lowest BCUT2D eigenvalue weighted by molar-refractivity contribution is 0.452. The Morgan fingerprint density at radius 2 is 1.63 bits per heavy atom. The first-order valence-corrected chi connectivity index (χ1v) is 7.69. The van der Waals surface area contributed by atoms with Gasteiger partial charge in [0.25, 0.3) is 0 Å². The number of hydrogen-bond acceptors (Lipinski definition) is 0. The highest BCUT2D eigenvalue weighted by Crippen LogP contribution is 2.34. The lowest BCUT2D eigenvalue weighted by atomic mass is 9.75. The smallest absolute Gasteiger partial charge is 0.126 e. The molecule has 19 heavy (non-hydrogen) atoms. The second-order valence-corrected chi connectivity index (χ2v) is 5.46. The molecule has 2 rings (SSSR count). The average molecular weight is 321 g/mol. The molecule has 0 heterocycles. The summed E-state index contributed by atoms with van der Waals surface area (Å²) in [4.78, 5) is 0. The van der Waals surface area contributed by atoms with Gasteiger partial charge in [0.1, 0.15) is 5.82 Å². The number of hydrogen-bond donors (Lipinski definition) is 0. The molecule has 0 aliphatic rings. The van der Waals surface area contributed by atoms with Gasteiger partial charge in [0.15, 0.2) is 0 Å². The molecule has 0 aliphatic carbocycles. The largest absolute Gasteiger partial charge is 0.207 e. The predicted molar refractivity (Wildman–Crippen MR) is 82.3 cm³/mol. The molecule has 0 radical (unpaired) electrons. The molecule has 0 aromatic heterocycles. The van der Waals surface area contributed by atoms with E-state index in [2.05, 4.69) is 35.0 Å². The summed E-state index contributed by atoms with van der Waals surface area (Å²) >= 11 is 3.63. The fourth-order valence-corrected chi connectivity index (χ4v) is 3.37. The maximum Gasteiger partial charge on any atom is 0.126 e. The van der Waals surface area contributed by atoms with Crippen molar-refractivity contribution in [3.8, 4) is 0 Å². The third-order valence-corrected chi connectivity index (χ3v) is 4.88. The van der Waals surface area contributed by atoms with E-state index in [1.165, 1.54) is 11.6 Å². The summed E-state index contributed by atoms with van der Waals surface area (Å²) in [7, 11) is 0. The van der Waals surface area contributed by atoms with Crippen LogP contribution in [-0.2, 0) is 11.8 Å². The van der Waals surface area contributed by atoms with Crippen LogP contribution >= 0.6 is 15.9 Å². The molecule has 2 aromatic rings. The highest BCUT2D eigenvalue weighted by Gasteiger charge is 2.30. The number of halogens is 2. The Balaban J connectivity index is 2.38. The van der Waals surface area contributed by atoms with Crippen LogP contribution in [0.15, 0.2) is 54.6 Å². The van der Waals surface area contributed by atoms with Crippen LogP contribution in [0.2, 0.25) is 0 Å². The zero-order valence-corrected chi connectivity index (χ0v) is 12.7. The highest BCUT2D eigenvalue weighted by molar-refractivity contribution is 9.09. The van der Waals surface area contributed by atoms with Crippen LogP contribution in [0, 0.1) is 5.82 Å². The van der Waals surface area contributed by atoms with Crippen molar-refractivity contribution in [1.82, 2.24) is 0 Å². The van der Waals surface area contributed by atoms with E-state index in [0.717, 1.165) is 17.3 Å². The van der Waals surface area contributed by atoms with Crippen LogP contribution in [0.5, 0.6) is 0 Å². The van der Waals surface area contributed by atoms with Crippen LogP contribution in [0.1, 0.15) is 24.5 Å². The Kier molecular flexibility index (Phi) is 4.76. The maximum atomic E-state index is 13.9. The zero-order valence-electron chi connectivity index (χ0n) is 11.1. The summed E-state index contributed by atoms with van der Waals surface area (Å²) in [5.41, 5.74) is 1.99. The molecule has 0 fully saturated rings. The number of alkyl halides is 1. The minimum absolute atomic E-state index is 0.0521. The van der Waals surface area contributed by atoms with Crippen molar-refractivity contribution < 1.29 is 4.39 Å². The van der Waals surface area contributed by atoms with Gasteiger partial charge < -0.3 is 0 Å². The van der Waals surface area contributed by atoms with Crippen LogP contribution < -0.4 is 0 Å². The third-order valence-electron chi connectivity index (χ3n) is 3.81. The Morgan fingerprint density at radius 3 is 2.21 bits per heavy atom. The predicted octanol–water partition coefficient (Wildman–Crippen LogP) is 5.11. The first-order valence-electron chi connectivity index (χ1n) is 6.57. The van der Waals surface area contributed by atoms with Crippen molar-refractivity contribution in [1.29, 1.82) is 0 Å². The quantitative estimate of drug-likeness (QED) is 0.671. The molecule has 0 saturated carbocycles. The lowest BCUT2D eigenvalue weighted by Gasteiger charge is -2.32. The van der Waals surface area contributed by atoms with Gasteiger partial charge in [-0.3, -0.25) is 0 Å². The molecular formula is C17H18BrF. The van der Waals surface area contributed by atoms with E-state index < -0.39 is 0 Å². The Morgan fingerprint density at radius 1 is 1.00 bits per heavy atom. The second-order valence-electron chi connectivity index (χ2n) is 4.90. The first-order chi connectivity index (χ1) is 9.22. The minimum atomic E-state index is -0.114. The molecule has 1 atom stereocenters. The SMILES string of the molecule is CCC(CBr)(Cc1ccccc1F)c1ccccc1. The summed E-state index contributed by atoms with van der Waals surface area (Å²) in [5, 5.41) is 0.828. The van der Waals surface area contributed by atoms with E-state index in [4.69, 9.17) is 0 Å². The molecule has 0 bridgehead atoms. The van der Waals surface area contributed by atoms with Crippen LogP contribution in [0.25, 0.3) is 0 Å². The zero-order chi connectivity index (χ0) is 13.7. The van der Waals surface area contributed by atoms with Gasteiger partial charge in [-0.05, 0) is 30.0 Å². The molecule has 0 spiro atoms. The Bertz CT molecular complexity index is 518. The summed E-state index contributed by atoms with van der Waals surface area (Å²) < 4.78 is 13.9.